The molecule has 8 nitrogen and oxygen atoms in total. The monoisotopic (exact) mass is 456 g/mol. The van der Waals surface area contributed by atoms with Gasteiger partial charge in [0.25, 0.3) is 5.91 Å². The van der Waals surface area contributed by atoms with Gasteiger partial charge in [-0.15, -0.1) is 0 Å². The predicted molar refractivity (Wildman–Crippen MR) is 120 cm³/mol. The van der Waals surface area contributed by atoms with Gasteiger partial charge in [-0.2, -0.15) is 0 Å². The summed E-state index contributed by atoms with van der Waals surface area (Å²) >= 11 is 0. The summed E-state index contributed by atoms with van der Waals surface area (Å²) in [7, 11) is 0. The van der Waals surface area contributed by atoms with Gasteiger partial charge in [-0.05, 0) is 76.5 Å². The van der Waals surface area contributed by atoms with Crippen LogP contribution in [0.3, 0.4) is 0 Å². The number of amides is 1. The molecule has 1 aromatic heterocycles. The Labute approximate surface area is 195 Å². The summed E-state index contributed by atoms with van der Waals surface area (Å²) in [5.74, 6) is 1.22. The van der Waals surface area contributed by atoms with Crippen molar-refractivity contribution in [3.8, 4) is 0 Å². The molecule has 5 atom stereocenters. The molecule has 4 aliphatic carbocycles. The van der Waals surface area contributed by atoms with Gasteiger partial charge in [0.1, 0.15) is 12.4 Å². The van der Waals surface area contributed by atoms with Crippen LogP contribution < -0.4 is 0 Å². The van der Waals surface area contributed by atoms with Crippen LogP contribution in [0.5, 0.6) is 0 Å². The van der Waals surface area contributed by atoms with Gasteiger partial charge in [0.2, 0.25) is 0 Å². The summed E-state index contributed by atoms with van der Waals surface area (Å²) in [6.07, 6.45) is 9.76. The van der Waals surface area contributed by atoms with Gasteiger partial charge in [-0.3, -0.25) is 9.80 Å². The van der Waals surface area contributed by atoms with Crippen molar-refractivity contribution in [3.63, 3.8) is 0 Å². The summed E-state index contributed by atoms with van der Waals surface area (Å²) in [5, 5.41) is 15.5. The molecule has 7 rings (SSSR count). The molecule has 4 bridgehead atoms. The molecule has 33 heavy (non-hydrogen) atoms. The SMILES string of the molecule is C[C@@H]1CN(N(C(=O)c2cncnc2[C@@H]2CCCO2)C2C3CC4CC2CC(O)(C4)C3)C[C@H](C)O1. The minimum Gasteiger partial charge on any atom is -0.390 e. The Bertz CT molecular complexity index is 880. The number of carbonyl (C=O) groups excluding carboxylic acids is 1. The number of rotatable bonds is 4. The number of nitrogens with zero attached hydrogens (tertiary/aromatic N) is 4. The molecule has 180 valence electrons. The molecule has 2 saturated heterocycles. The van der Waals surface area contributed by atoms with E-state index in [1.165, 1.54) is 6.33 Å². The standard InChI is InChI=1S/C25H36N4O4/c1-15-12-28(13-16(2)33-15)29(23-18-6-17-7-19(23)10-25(31,8-17)9-18)24(30)20-11-26-14-27-22(20)21-4-3-5-32-21/h11,14-19,21,23,31H,3-10,12-13H2,1-2H3/t15-,16+,17?,18?,19?,21-,23?,25?/m0/s1. The van der Waals surface area contributed by atoms with Crippen LogP contribution in [-0.4, -0.2) is 74.5 Å². The smallest absolute Gasteiger partial charge is 0.271 e. The first-order chi connectivity index (χ1) is 15.9. The Morgan fingerprint density at radius 1 is 1.18 bits per heavy atom. The summed E-state index contributed by atoms with van der Waals surface area (Å²) < 4.78 is 11.9. The molecule has 1 amide bonds. The first-order valence-electron chi connectivity index (χ1n) is 12.8. The van der Waals surface area contributed by atoms with Crippen molar-refractivity contribution in [1.29, 1.82) is 0 Å². The van der Waals surface area contributed by atoms with E-state index in [1.807, 2.05) is 0 Å². The number of aliphatic hydroxyl groups is 1. The number of hydrogen-bond donors (Lipinski definition) is 1. The lowest BCUT2D eigenvalue weighted by molar-refractivity contribution is -0.204. The van der Waals surface area contributed by atoms with E-state index in [4.69, 9.17) is 9.47 Å². The largest absolute Gasteiger partial charge is 0.390 e. The maximum absolute atomic E-state index is 14.4. The summed E-state index contributed by atoms with van der Waals surface area (Å²) in [4.78, 5) is 23.1. The van der Waals surface area contributed by atoms with Gasteiger partial charge in [0.15, 0.2) is 0 Å². The van der Waals surface area contributed by atoms with E-state index in [9.17, 15) is 9.90 Å². The quantitative estimate of drug-likeness (QED) is 0.745. The highest BCUT2D eigenvalue weighted by Crippen LogP contribution is 2.57. The molecular weight excluding hydrogens is 420 g/mol. The average molecular weight is 457 g/mol. The Kier molecular flexibility index (Phi) is 5.48. The second-order valence-electron chi connectivity index (χ2n) is 11.3. The van der Waals surface area contributed by atoms with Crippen LogP contribution in [0.2, 0.25) is 0 Å². The molecule has 0 aromatic carbocycles. The molecule has 1 aromatic rings. The zero-order valence-corrected chi connectivity index (χ0v) is 19.7. The summed E-state index contributed by atoms with van der Waals surface area (Å²) in [6, 6.07) is 0.101. The van der Waals surface area contributed by atoms with E-state index < -0.39 is 5.60 Å². The third kappa shape index (κ3) is 3.89. The summed E-state index contributed by atoms with van der Waals surface area (Å²) in [5.41, 5.74) is 0.740. The number of hydrogen-bond acceptors (Lipinski definition) is 7. The highest BCUT2D eigenvalue weighted by atomic mass is 16.5. The normalized spacial score (nSPS) is 42.6. The van der Waals surface area contributed by atoms with Gasteiger partial charge in [-0.25, -0.2) is 15.0 Å². The summed E-state index contributed by atoms with van der Waals surface area (Å²) in [6.45, 7) is 6.23. The molecule has 2 aliphatic heterocycles. The van der Waals surface area contributed by atoms with E-state index in [0.717, 1.165) is 44.9 Å². The lowest BCUT2D eigenvalue weighted by Crippen LogP contribution is -2.67. The maximum Gasteiger partial charge on any atom is 0.271 e. The average Bonchev–Trinajstić information content (AvgIpc) is 3.29. The van der Waals surface area contributed by atoms with Crippen molar-refractivity contribution < 1.29 is 19.4 Å². The first-order valence-corrected chi connectivity index (χ1v) is 12.8. The van der Waals surface area contributed by atoms with Crippen LogP contribution in [0.1, 0.15) is 80.9 Å². The minimum atomic E-state index is -0.536. The third-order valence-corrected chi connectivity index (χ3v) is 8.59. The van der Waals surface area contributed by atoms with Crippen LogP contribution in [0.15, 0.2) is 12.5 Å². The Morgan fingerprint density at radius 3 is 2.55 bits per heavy atom. The fourth-order valence-corrected chi connectivity index (χ4v) is 7.81. The molecule has 6 aliphatic rings. The number of aromatic nitrogens is 2. The number of ether oxygens (including phenoxy) is 2. The Morgan fingerprint density at radius 2 is 1.91 bits per heavy atom. The van der Waals surface area contributed by atoms with Gasteiger partial charge in [0, 0.05) is 25.9 Å². The van der Waals surface area contributed by atoms with Crippen molar-refractivity contribution in [2.45, 2.75) is 88.7 Å². The fraction of sp³-hybridized carbons (Fsp3) is 0.800. The van der Waals surface area contributed by atoms with Crippen LogP contribution in [-0.2, 0) is 9.47 Å². The topological polar surface area (TPSA) is 88.0 Å². The van der Waals surface area contributed by atoms with Crippen LogP contribution in [0, 0.1) is 17.8 Å². The van der Waals surface area contributed by atoms with Crippen molar-refractivity contribution in [2.75, 3.05) is 19.7 Å². The second kappa shape index (κ2) is 8.26. The third-order valence-electron chi connectivity index (χ3n) is 8.59. The van der Waals surface area contributed by atoms with E-state index >= 15 is 0 Å². The second-order valence-corrected chi connectivity index (χ2v) is 11.3. The maximum atomic E-state index is 14.4. The molecule has 3 heterocycles. The Hall–Kier alpha value is -1.61. The highest BCUT2D eigenvalue weighted by Gasteiger charge is 2.58. The zero-order chi connectivity index (χ0) is 22.7. The van der Waals surface area contributed by atoms with E-state index in [2.05, 4.69) is 33.8 Å². The lowest BCUT2D eigenvalue weighted by Gasteiger charge is -2.61. The zero-order valence-electron chi connectivity index (χ0n) is 19.7. The molecule has 1 N–H and O–H groups in total. The number of carbonyl (C=O) groups is 1. The van der Waals surface area contributed by atoms with Crippen LogP contribution >= 0.6 is 0 Å². The van der Waals surface area contributed by atoms with Crippen LogP contribution in [0.25, 0.3) is 0 Å². The van der Waals surface area contributed by atoms with Gasteiger partial charge >= 0.3 is 0 Å². The fourth-order valence-electron chi connectivity index (χ4n) is 7.81. The molecule has 0 radical (unpaired) electrons. The van der Waals surface area contributed by atoms with Gasteiger partial charge in [-0.1, -0.05) is 0 Å². The minimum absolute atomic E-state index is 0.0214. The van der Waals surface area contributed by atoms with Gasteiger partial charge in [0.05, 0.1) is 35.1 Å². The molecular formula is C25H36N4O4. The van der Waals surface area contributed by atoms with E-state index in [0.29, 0.717) is 48.7 Å². The Balaban J connectivity index is 1.38. The van der Waals surface area contributed by atoms with Crippen LogP contribution in [0.4, 0.5) is 0 Å². The molecule has 6 fully saturated rings. The molecule has 0 spiro atoms. The van der Waals surface area contributed by atoms with Crippen molar-refractivity contribution >= 4 is 5.91 Å². The molecule has 2 unspecified atom stereocenters. The predicted octanol–water partition coefficient (Wildman–Crippen LogP) is 2.73. The first kappa shape index (κ1) is 21.9. The van der Waals surface area contributed by atoms with E-state index in [1.54, 1.807) is 6.20 Å². The lowest BCUT2D eigenvalue weighted by atomic mass is 9.52. The number of hydrazine groups is 1. The molecule has 8 heteroatoms. The van der Waals surface area contributed by atoms with Gasteiger partial charge < -0.3 is 14.6 Å². The van der Waals surface area contributed by atoms with Crippen molar-refractivity contribution in [2.24, 2.45) is 17.8 Å². The van der Waals surface area contributed by atoms with Crippen molar-refractivity contribution in [1.82, 2.24) is 20.0 Å². The van der Waals surface area contributed by atoms with E-state index in [-0.39, 0.29) is 30.3 Å². The number of morpholine rings is 1. The highest BCUT2D eigenvalue weighted by molar-refractivity contribution is 5.95. The molecule has 4 saturated carbocycles. The van der Waals surface area contributed by atoms with Crippen molar-refractivity contribution in [3.05, 3.63) is 23.8 Å².